The summed E-state index contributed by atoms with van der Waals surface area (Å²) in [6.07, 6.45) is 0.989. The van der Waals surface area contributed by atoms with Gasteiger partial charge in [-0.2, -0.15) is 0 Å². The largest absolute Gasteiger partial charge is 0.508 e. The monoisotopic (exact) mass is 475 g/mol. The molecule has 3 amide bonds. The number of β-lactam (4-membered cyclic amide) rings is 1. The molecule has 2 aliphatic heterocycles. The van der Waals surface area contributed by atoms with Crippen molar-refractivity contribution in [3.63, 3.8) is 0 Å². The van der Waals surface area contributed by atoms with Crippen LogP contribution in [0.25, 0.3) is 0 Å². The molecule has 2 fully saturated rings. The van der Waals surface area contributed by atoms with Crippen LogP contribution in [-0.4, -0.2) is 42.1 Å². The van der Waals surface area contributed by atoms with Crippen LogP contribution in [-0.2, 0) is 4.79 Å². The number of nitrogens with zero attached hydrogens (tertiary/aromatic N) is 2. The number of para-hydroxylation sites is 2. The zero-order valence-electron chi connectivity index (χ0n) is 19.3. The van der Waals surface area contributed by atoms with Gasteiger partial charge in [0.1, 0.15) is 17.3 Å². The molecule has 2 N–H and O–H groups in total. The average Bonchev–Trinajstić information content (AvgIpc) is 2.89. The molecule has 0 saturated carbocycles. The maximum absolute atomic E-state index is 13.6. The Balaban J connectivity index is 1.37. The predicted molar refractivity (Wildman–Crippen MR) is 130 cm³/mol. The molecular formula is C27H26FN3O4. The highest BCUT2D eigenvalue weighted by Crippen LogP contribution is 2.57. The van der Waals surface area contributed by atoms with E-state index in [1.165, 1.54) is 12.1 Å². The summed E-state index contributed by atoms with van der Waals surface area (Å²) in [6.45, 7) is 0.830. The molecular weight excluding hydrogens is 449 g/mol. The first-order chi connectivity index (χ1) is 16.9. The zero-order chi connectivity index (χ0) is 24.6. The van der Waals surface area contributed by atoms with Gasteiger partial charge in [0.2, 0.25) is 5.91 Å². The Morgan fingerprint density at radius 1 is 1.03 bits per heavy atom. The topological polar surface area (TPSA) is 82.1 Å². The summed E-state index contributed by atoms with van der Waals surface area (Å²) < 4.78 is 18.8. The predicted octanol–water partition coefficient (Wildman–Crippen LogP) is 4.94. The Morgan fingerprint density at radius 3 is 2.34 bits per heavy atom. The minimum absolute atomic E-state index is 0.0352. The summed E-state index contributed by atoms with van der Waals surface area (Å²) in [7, 11) is 1.55. The van der Waals surface area contributed by atoms with Gasteiger partial charge in [-0.1, -0.05) is 24.3 Å². The number of anilines is 2. The van der Waals surface area contributed by atoms with Gasteiger partial charge in [-0.25, -0.2) is 9.18 Å². The first-order valence-corrected chi connectivity index (χ1v) is 11.5. The number of likely N-dealkylation sites (tertiary alicyclic amines) is 1. The third-order valence-corrected chi connectivity index (χ3v) is 7.03. The third kappa shape index (κ3) is 3.95. The van der Waals surface area contributed by atoms with Crippen LogP contribution < -0.4 is 15.0 Å². The summed E-state index contributed by atoms with van der Waals surface area (Å²) in [5, 5.41) is 12.7. The molecule has 3 aromatic rings. The Bertz CT molecular complexity index is 1240. The van der Waals surface area contributed by atoms with Crippen LogP contribution in [0.5, 0.6) is 11.5 Å². The van der Waals surface area contributed by atoms with Crippen LogP contribution in [0.15, 0.2) is 72.8 Å². The molecule has 7 nitrogen and oxygen atoms in total. The van der Waals surface area contributed by atoms with Crippen molar-refractivity contribution in [3.05, 3.63) is 84.2 Å². The number of amides is 3. The molecule has 2 saturated heterocycles. The fourth-order valence-corrected chi connectivity index (χ4v) is 5.19. The minimum Gasteiger partial charge on any atom is -0.508 e. The first kappa shape index (κ1) is 22.7. The molecule has 35 heavy (non-hydrogen) atoms. The lowest BCUT2D eigenvalue weighted by Gasteiger charge is -2.59. The summed E-state index contributed by atoms with van der Waals surface area (Å²) >= 11 is 0. The summed E-state index contributed by atoms with van der Waals surface area (Å²) in [4.78, 5) is 29.9. The average molecular weight is 476 g/mol. The second-order valence-electron chi connectivity index (χ2n) is 8.92. The van der Waals surface area contributed by atoms with Crippen LogP contribution in [0.2, 0.25) is 0 Å². The van der Waals surface area contributed by atoms with Gasteiger partial charge >= 0.3 is 6.03 Å². The van der Waals surface area contributed by atoms with Crippen molar-refractivity contribution < 1.29 is 23.8 Å². The highest BCUT2D eigenvalue weighted by atomic mass is 19.1. The van der Waals surface area contributed by atoms with Crippen molar-refractivity contribution in [3.8, 4) is 11.5 Å². The van der Waals surface area contributed by atoms with E-state index in [0.29, 0.717) is 43.1 Å². The molecule has 2 aliphatic rings. The van der Waals surface area contributed by atoms with Crippen molar-refractivity contribution in [1.29, 1.82) is 0 Å². The molecule has 1 spiro atoms. The fourth-order valence-electron chi connectivity index (χ4n) is 5.19. The molecule has 0 radical (unpaired) electrons. The first-order valence-electron chi connectivity index (χ1n) is 11.5. The van der Waals surface area contributed by atoms with Crippen LogP contribution in [0.4, 0.5) is 20.6 Å². The summed E-state index contributed by atoms with van der Waals surface area (Å²) in [5.41, 5.74) is 1.42. The number of methoxy groups -OCH3 is 1. The van der Waals surface area contributed by atoms with E-state index in [1.807, 2.05) is 24.3 Å². The molecule has 8 heteroatoms. The van der Waals surface area contributed by atoms with E-state index in [-0.39, 0.29) is 29.5 Å². The molecule has 1 atom stereocenters. The third-order valence-electron chi connectivity index (χ3n) is 7.03. The van der Waals surface area contributed by atoms with Crippen molar-refractivity contribution >= 4 is 23.3 Å². The number of halogens is 1. The molecule has 2 heterocycles. The zero-order valence-corrected chi connectivity index (χ0v) is 19.3. The van der Waals surface area contributed by atoms with E-state index in [0.717, 1.165) is 5.56 Å². The van der Waals surface area contributed by atoms with E-state index < -0.39 is 5.41 Å². The van der Waals surface area contributed by atoms with Crippen LogP contribution in [0, 0.1) is 11.2 Å². The smallest absolute Gasteiger partial charge is 0.321 e. The van der Waals surface area contributed by atoms with Gasteiger partial charge in [-0.05, 0) is 66.9 Å². The van der Waals surface area contributed by atoms with Crippen LogP contribution >= 0.6 is 0 Å². The Morgan fingerprint density at radius 2 is 1.69 bits per heavy atom. The van der Waals surface area contributed by atoms with Crippen molar-refractivity contribution in [1.82, 2.24) is 4.90 Å². The summed E-state index contributed by atoms with van der Waals surface area (Å²) in [5.74, 6) is 0.314. The fraction of sp³-hybridized carbons (Fsp3) is 0.259. The van der Waals surface area contributed by atoms with Crippen molar-refractivity contribution in [2.24, 2.45) is 5.41 Å². The number of ether oxygens (including phenoxy) is 1. The van der Waals surface area contributed by atoms with Gasteiger partial charge in [0.05, 0.1) is 24.3 Å². The van der Waals surface area contributed by atoms with Gasteiger partial charge in [-0.15, -0.1) is 0 Å². The van der Waals surface area contributed by atoms with Gasteiger partial charge < -0.3 is 25.0 Å². The number of phenolic OH excluding ortho intramolecular Hbond substituents is 1. The van der Waals surface area contributed by atoms with E-state index >= 15 is 0 Å². The quantitative estimate of drug-likeness (QED) is 0.524. The molecule has 0 aliphatic carbocycles. The number of piperidine rings is 1. The normalized spacial score (nSPS) is 18.8. The maximum Gasteiger partial charge on any atom is 0.321 e. The number of urea groups is 1. The number of hydrogen-bond acceptors (Lipinski definition) is 4. The molecule has 5 rings (SSSR count). The lowest BCUT2D eigenvalue weighted by molar-refractivity contribution is -0.144. The van der Waals surface area contributed by atoms with Gasteiger partial charge in [0.25, 0.3) is 0 Å². The van der Waals surface area contributed by atoms with Gasteiger partial charge in [0, 0.05) is 18.8 Å². The lowest BCUT2D eigenvalue weighted by atomic mass is 9.62. The number of carbonyl (C=O) groups is 2. The number of benzene rings is 3. The standard InChI is InChI=1S/C27H26FN3O4/c1-35-23-5-3-2-4-22(23)29-26(34)30-16-14-27(15-17-30)24(18-6-12-21(32)13-7-18)31(25(27)33)20-10-8-19(28)9-11-20/h2-13,24,32H,14-17H2,1H3,(H,29,34). The number of nitrogens with one attached hydrogen (secondary N) is 1. The van der Waals surface area contributed by atoms with Crippen molar-refractivity contribution in [2.75, 3.05) is 30.4 Å². The maximum atomic E-state index is 13.6. The Kier molecular flexibility index (Phi) is 5.80. The number of hydrogen-bond donors (Lipinski definition) is 2. The highest BCUT2D eigenvalue weighted by molar-refractivity contribution is 6.06. The van der Waals surface area contributed by atoms with E-state index in [1.54, 1.807) is 53.3 Å². The molecule has 1 unspecified atom stereocenters. The van der Waals surface area contributed by atoms with E-state index in [4.69, 9.17) is 4.74 Å². The molecule has 180 valence electrons. The van der Waals surface area contributed by atoms with Crippen LogP contribution in [0.1, 0.15) is 24.4 Å². The summed E-state index contributed by atoms with van der Waals surface area (Å²) in [6, 6.07) is 19.4. The number of carbonyl (C=O) groups excluding carboxylic acids is 2. The Labute approximate surface area is 202 Å². The van der Waals surface area contributed by atoms with Gasteiger partial charge in [0.15, 0.2) is 0 Å². The van der Waals surface area contributed by atoms with E-state index in [9.17, 15) is 19.1 Å². The molecule has 3 aromatic carbocycles. The highest BCUT2D eigenvalue weighted by Gasteiger charge is 2.62. The second kappa shape index (κ2) is 8.94. The molecule has 0 bridgehead atoms. The Hall–Kier alpha value is -4.07. The van der Waals surface area contributed by atoms with E-state index in [2.05, 4.69) is 5.32 Å². The minimum atomic E-state index is -0.674. The number of aromatic hydroxyl groups is 1. The van der Waals surface area contributed by atoms with Gasteiger partial charge in [-0.3, -0.25) is 4.79 Å². The second-order valence-corrected chi connectivity index (χ2v) is 8.92. The van der Waals surface area contributed by atoms with Crippen molar-refractivity contribution in [2.45, 2.75) is 18.9 Å². The lowest BCUT2D eigenvalue weighted by Crippen LogP contribution is -2.67. The SMILES string of the molecule is COc1ccccc1NC(=O)N1CCC2(CC1)C(=O)N(c1ccc(F)cc1)C2c1ccc(O)cc1. The molecule has 0 aromatic heterocycles. The number of rotatable bonds is 4. The number of phenols is 1. The van der Waals surface area contributed by atoms with Crippen LogP contribution in [0.3, 0.4) is 0 Å².